The number of carbonyl (C=O) groups excluding carboxylic acids is 3. The van der Waals surface area contributed by atoms with Gasteiger partial charge in [0.2, 0.25) is 0 Å². The van der Waals surface area contributed by atoms with Crippen molar-refractivity contribution in [2.75, 3.05) is 18.5 Å². The second-order valence-corrected chi connectivity index (χ2v) is 10.6. The number of aryl methyl sites for hydroxylation is 1. The molecule has 0 fully saturated rings. The summed E-state index contributed by atoms with van der Waals surface area (Å²) in [7, 11) is 0. The Morgan fingerprint density at radius 2 is 1.83 bits per heavy atom. The summed E-state index contributed by atoms with van der Waals surface area (Å²) in [5.41, 5.74) is 5.13. The third-order valence-corrected chi connectivity index (χ3v) is 7.60. The first-order valence-electron chi connectivity index (χ1n) is 13.8. The number of thiophene rings is 1. The van der Waals surface area contributed by atoms with Gasteiger partial charge in [-0.2, -0.15) is 5.10 Å². The second kappa shape index (κ2) is 14.5. The molecule has 0 spiro atoms. The lowest BCUT2D eigenvalue weighted by Gasteiger charge is -2.13. The van der Waals surface area contributed by atoms with Gasteiger partial charge in [-0.25, -0.2) is 10.2 Å². The molecule has 2 amide bonds. The number of hydrogen-bond donors (Lipinski definition) is 2. The summed E-state index contributed by atoms with van der Waals surface area (Å²) >= 11 is 1.44. The topological polar surface area (TPSA) is 115 Å². The number of ether oxygens (including phenoxy) is 3. The van der Waals surface area contributed by atoms with Gasteiger partial charge in [-0.05, 0) is 93.5 Å². The highest BCUT2D eigenvalue weighted by Gasteiger charge is 2.27. The molecule has 4 rings (SSSR count). The van der Waals surface area contributed by atoms with Crippen LogP contribution in [0.5, 0.6) is 11.5 Å². The van der Waals surface area contributed by atoms with Gasteiger partial charge in [0.1, 0.15) is 16.5 Å². The average molecular weight is 578 g/mol. The smallest absolute Gasteiger partial charge is 0.341 e. The van der Waals surface area contributed by atoms with Crippen molar-refractivity contribution in [1.82, 2.24) is 5.43 Å². The molecule has 0 saturated carbocycles. The first kappa shape index (κ1) is 29.8. The molecule has 9 nitrogen and oxygen atoms in total. The zero-order valence-electron chi connectivity index (χ0n) is 23.5. The lowest BCUT2D eigenvalue weighted by Crippen LogP contribution is -2.33. The van der Waals surface area contributed by atoms with Crippen molar-refractivity contribution >= 4 is 40.3 Å². The molecule has 3 aromatic rings. The van der Waals surface area contributed by atoms with Crippen LogP contribution in [0.4, 0.5) is 5.00 Å². The van der Waals surface area contributed by atoms with Crippen molar-refractivity contribution in [1.29, 1.82) is 0 Å². The van der Waals surface area contributed by atoms with Crippen LogP contribution < -0.4 is 20.2 Å². The first-order chi connectivity index (χ1) is 19.9. The van der Waals surface area contributed by atoms with E-state index in [1.807, 2.05) is 31.2 Å². The highest BCUT2D eigenvalue weighted by molar-refractivity contribution is 7.17. The SMILES string of the molecule is CCCOc1cccc(/C=N/NC(=O)C(C)Oc2ccc(C(=O)Nc3sc4c(c3C(=O)OCC)CCCC4)cc2)c1. The van der Waals surface area contributed by atoms with Crippen LogP contribution >= 0.6 is 11.3 Å². The van der Waals surface area contributed by atoms with E-state index in [0.717, 1.165) is 53.9 Å². The fourth-order valence-corrected chi connectivity index (χ4v) is 5.63. The molecule has 0 aliphatic heterocycles. The summed E-state index contributed by atoms with van der Waals surface area (Å²) < 4.78 is 16.6. The highest BCUT2D eigenvalue weighted by Crippen LogP contribution is 2.38. The molecule has 0 saturated heterocycles. The molecule has 10 heteroatoms. The van der Waals surface area contributed by atoms with Gasteiger partial charge in [-0.1, -0.05) is 19.1 Å². The Hall–Kier alpha value is -4.18. The van der Waals surface area contributed by atoms with Gasteiger partial charge in [0.05, 0.1) is 25.0 Å². The van der Waals surface area contributed by atoms with E-state index in [2.05, 4.69) is 15.8 Å². The number of hydrogen-bond acceptors (Lipinski definition) is 8. The molecule has 2 aromatic carbocycles. The monoisotopic (exact) mass is 577 g/mol. The van der Waals surface area contributed by atoms with Crippen LogP contribution in [-0.4, -0.2) is 43.3 Å². The minimum Gasteiger partial charge on any atom is -0.494 e. The van der Waals surface area contributed by atoms with E-state index in [4.69, 9.17) is 14.2 Å². The van der Waals surface area contributed by atoms with Crippen molar-refractivity contribution in [3.05, 3.63) is 75.7 Å². The maximum absolute atomic E-state index is 13.0. The van der Waals surface area contributed by atoms with Gasteiger partial charge in [-0.15, -0.1) is 11.3 Å². The number of fused-ring (bicyclic) bond motifs is 1. The minimum atomic E-state index is -0.823. The van der Waals surface area contributed by atoms with E-state index in [9.17, 15) is 14.4 Å². The fraction of sp³-hybridized carbons (Fsp3) is 0.355. The minimum absolute atomic E-state index is 0.267. The standard InChI is InChI=1S/C31H35N3O6S/c1-4-17-39-24-10-8-9-21(18-24)19-32-34-28(35)20(3)40-23-15-13-22(14-16-23)29(36)33-30-27(31(37)38-5-2)25-11-6-7-12-26(25)41-30/h8-10,13-16,18-20H,4-7,11-12,17H2,1-3H3,(H,33,36)(H,34,35)/b32-19+. The van der Waals surface area contributed by atoms with Crippen LogP contribution in [0.2, 0.25) is 0 Å². The third kappa shape index (κ3) is 7.94. The number of carbonyl (C=O) groups is 3. The van der Waals surface area contributed by atoms with Crippen LogP contribution in [0.15, 0.2) is 53.6 Å². The zero-order valence-corrected chi connectivity index (χ0v) is 24.3. The Morgan fingerprint density at radius 3 is 2.59 bits per heavy atom. The molecule has 0 bridgehead atoms. The lowest BCUT2D eigenvalue weighted by molar-refractivity contribution is -0.127. The number of hydrazone groups is 1. The maximum atomic E-state index is 13.0. The summed E-state index contributed by atoms with van der Waals surface area (Å²) in [6.45, 7) is 6.31. The number of esters is 1. The number of nitrogens with zero attached hydrogens (tertiary/aromatic N) is 1. The van der Waals surface area contributed by atoms with Gasteiger partial charge < -0.3 is 19.5 Å². The van der Waals surface area contributed by atoms with Crippen molar-refractivity contribution in [3.63, 3.8) is 0 Å². The number of nitrogens with one attached hydrogen (secondary N) is 2. The summed E-state index contributed by atoms with van der Waals surface area (Å²) in [4.78, 5) is 39.3. The van der Waals surface area contributed by atoms with Gasteiger partial charge in [0.25, 0.3) is 11.8 Å². The van der Waals surface area contributed by atoms with Crippen molar-refractivity contribution in [2.24, 2.45) is 5.10 Å². The van der Waals surface area contributed by atoms with Crippen molar-refractivity contribution < 1.29 is 28.6 Å². The summed E-state index contributed by atoms with van der Waals surface area (Å²) in [5, 5.41) is 7.43. The molecule has 1 atom stereocenters. The van der Waals surface area contributed by atoms with Gasteiger partial charge >= 0.3 is 5.97 Å². The molecule has 1 unspecified atom stereocenters. The number of amides is 2. The van der Waals surface area contributed by atoms with Crippen LogP contribution in [-0.2, 0) is 22.4 Å². The Morgan fingerprint density at radius 1 is 1.05 bits per heavy atom. The van der Waals surface area contributed by atoms with E-state index in [-0.39, 0.29) is 12.5 Å². The fourth-order valence-electron chi connectivity index (χ4n) is 4.36. The Bertz CT molecular complexity index is 1400. The number of anilines is 1. The van der Waals surface area contributed by atoms with Crippen molar-refractivity contribution in [3.8, 4) is 11.5 Å². The predicted molar refractivity (Wildman–Crippen MR) is 159 cm³/mol. The number of rotatable bonds is 12. The van der Waals surface area contributed by atoms with Crippen LogP contribution in [0.3, 0.4) is 0 Å². The molecule has 216 valence electrons. The van der Waals surface area contributed by atoms with Crippen LogP contribution in [0, 0.1) is 0 Å². The summed E-state index contributed by atoms with van der Waals surface area (Å²) in [5.74, 6) is -0.00526. The maximum Gasteiger partial charge on any atom is 0.341 e. The van der Waals surface area contributed by atoms with Gasteiger partial charge in [0, 0.05) is 10.4 Å². The van der Waals surface area contributed by atoms with Crippen LogP contribution in [0.1, 0.15) is 76.8 Å². The molecule has 41 heavy (non-hydrogen) atoms. The molecule has 1 aromatic heterocycles. The molecular weight excluding hydrogens is 542 g/mol. The highest BCUT2D eigenvalue weighted by atomic mass is 32.1. The molecule has 1 aliphatic rings. The Balaban J connectivity index is 1.33. The number of benzene rings is 2. The predicted octanol–water partition coefficient (Wildman–Crippen LogP) is 5.76. The zero-order chi connectivity index (χ0) is 29.2. The van der Waals surface area contributed by atoms with Gasteiger partial charge in [0.15, 0.2) is 6.10 Å². The van der Waals surface area contributed by atoms with E-state index >= 15 is 0 Å². The van der Waals surface area contributed by atoms with E-state index in [1.165, 1.54) is 17.6 Å². The van der Waals surface area contributed by atoms with Crippen LogP contribution in [0.25, 0.3) is 0 Å². The molecule has 1 heterocycles. The molecule has 2 N–H and O–H groups in total. The van der Waals surface area contributed by atoms with E-state index in [1.54, 1.807) is 38.1 Å². The van der Waals surface area contributed by atoms with Crippen molar-refractivity contribution in [2.45, 2.75) is 59.0 Å². The summed E-state index contributed by atoms with van der Waals surface area (Å²) in [6.07, 6.45) is 5.40. The molecular formula is C31H35N3O6S. The third-order valence-electron chi connectivity index (χ3n) is 6.40. The first-order valence-corrected chi connectivity index (χ1v) is 14.7. The van der Waals surface area contributed by atoms with Gasteiger partial charge in [-0.3, -0.25) is 9.59 Å². The van der Waals surface area contributed by atoms with E-state index in [0.29, 0.717) is 28.5 Å². The largest absolute Gasteiger partial charge is 0.494 e. The second-order valence-electron chi connectivity index (χ2n) is 9.53. The Kier molecular flexibility index (Phi) is 10.5. The lowest BCUT2D eigenvalue weighted by atomic mass is 9.95. The summed E-state index contributed by atoms with van der Waals surface area (Å²) in [6, 6.07) is 13.9. The molecule has 0 radical (unpaired) electrons. The van der Waals surface area contributed by atoms with E-state index < -0.39 is 18.0 Å². The Labute approximate surface area is 243 Å². The molecule has 1 aliphatic carbocycles. The average Bonchev–Trinajstić information content (AvgIpc) is 3.34. The quantitative estimate of drug-likeness (QED) is 0.161. The normalized spacial score (nSPS) is 13.2.